The second kappa shape index (κ2) is 11.9. The van der Waals surface area contributed by atoms with E-state index in [1.54, 1.807) is 24.3 Å². The van der Waals surface area contributed by atoms with E-state index in [2.05, 4.69) is 0 Å². The van der Waals surface area contributed by atoms with Crippen LogP contribution in [-0.2, 0) is 39.2 Å². The molecule has 0 aliphatic carbocycles. The van der Waals surface area contributed by atoms with Crippen molar-refractivity contribution in [2.24, 2.45) is 0 Å². The van der Waals surface area contributed by atoms with Crippen LogP contribution in [0.1, 0.15) is 11.1 Å². The van der Waals surface area contributed by atoms with Gasteiger partial charge in [0.15, 0.2) is 0 Å². The zero-order chi connectivity index (χ0) is 19.7. The molecule has 2 aromatic rings. The molecule has 2 unspecified atom stereocenters. The van der Waals surface area contributed by atoms with E-state index in [9.17, 15) is 9.59 Å². The summed E-state index contributed by atoms with van der Waals surface area (Å²) in [4.78, 5) is 20.7. The molecule has 8 nitrogen and oxygen atoms in total. The van der Waals surface area contributed by atoms with Crippen molar-refractivity contribution in [2.45, 2.75) is 24.9 Å². The second-order valence-corrected chi connectivity index (χ2v) is 5.52. The maximum atomic E-state index is 10.3. The van der Waals surface area contributed by atoms with Crippen molar-refractivity contribution in [2.75, 3.05) is 0 Å². The van der Waals surface area contributed by atoms with Crippen LogP contribution in [-0.4, -0.2) is 44.4 Å². The Hall–Kier alpha value is -2.59. The molecule has 0 heterocycles. The van der Waals surface area contributed by atoms with Gasteiger partial charge in [0.1, 0.15) is 11.5 Å². The van der Waals surface area contributed by atoms with Crippen molar-refractivity contribution >= 4 is 11.9 Å². The number of phenols is 2. The first-order valence-electron chi connectivity index (χ1n) is 7.62. The summed E-state index contributed by atoms with van der Waals surface area (Å²) < 4.78 is 0. The number of carbonyl (C=O) groups is 2. The zero-order valence-corrected chi connectivity index (χ0v) is 15.2. The molecule has 6 N–H and O–H groups in total. The quantitative estimate of drug-likeness (QED) is 0.562. The Labute approximate surface area is 166 Å². The average molecular weight is 419 g/mol. The molecule has 0 fully saturated rings. The van der Waals surface area contributed by atoms with Crippen molar-refractivity contribution in [1.29, 1.82) is 0 Å². The molecular weight excluding hydrogens is 399 g/mol. The van der Waals surface area contributed by atoms with Gasteiger partial charge in [-0.1, -0.05) is 24.3 Å². The smallest absolute Gasteiger partial charge is 0.665 e. The molecule has 0 saturated heterocycles. The van der Waals surface area contributed by atoms with E-state index in [1.807, 2.05) is 0 Å². The zero-order valence-electron chi connectivity index (χ0n) is 14.1. The molecule has 0 aliphatic heterocycles. The standard InChI is InChI=1S/2C9H10NO3.Co/c2*10-8(9(12)13)5-6-1-3-7(11)4-2-6;/h2*1-4,8,10-11H,5H2,(H,12,13);/q2*-1;+2. The van der Waals surface area contributed by atoms with Crippen molar-refractivity contribution < 1.29 is 46.8 Å². The largest absolute Gasteiger partial charge is 2.00 e. The molecule has 27 heavy (non-hydrogen) atoms. The minimum absolute atomic E-state index is 0. The van der Waals surface area contributed by atoms with Crippen molar-refractivity contribution in [3.8, 4) is 11.5 Å². The van der Waals surface area contributed by atoms with Gasteiger partial charge in [-0.05, 0) is 60.3 Å². The maximum absolute atomic E-state index is 10.3. The molecule has 0 amide bonds. The average Bonchev–Trinajstić information content (AvgIpc) is 2.59. The molecule has 1 radical (unpaired) electrons. The molecule has 0 saturated carbocycles. The fourth-order valence-electron chi connectivity index (χ4n) is 1.91. The Balaban J connectivity index is 0.000000483. The summed E-state index contributed by atoms with van der Waals surface area (Å²) in [6.45, 7) is 0. The Morgan fingerprint density at radius 1 is 0.704 bits per heavy atom. The third kappa shape index (κ3) is 9.61. The van der Waals surface area contributed by atoms with Crippen LogP contribution in [0.15, 0.2) is 48.5 Å². The van der Waals surface area contributed by atoms with Gasteiger partial charge in [-0.2, -0.15) is 0 Å². The predicted molar refractivity (Wildman–Crippen MR) is 95.1 cm³/mol. The summed E-state index contributed by atoms with van der Waals surface area (Å²) >= 11 is 0. The van der Waals surface area contributed by atoms with Crippen LogP contribution in [0.25, 0.3) is 11.5 Å². The number of aliphatic carboxylic acids is 2. The number of benzene rings is 2. The van der Waals surface area contributed by atoms with Crippen molar-refractivity contribution in [3.05, 3.63) is 71.1 Å². The Bertz CT molecular complexity index is 658. The predicted octanol–water partition coefficient (Wildman–Crippen LogP) is 2.88. The van der Waals surface area contributed by atoms with Gasteiger partial charge >= 0.3 is 16.8 Å². The van der Waals surface area contributed by atoms with Gasteiger partial charge in [-0.15, -0.1) is 0 Å². The van der Waals surface area contributed by atoms with Crippen LogP contribution in [0.3, 0.4) is 0 Å². The Morgan fingerprint density at radius 3 is 1.19 bits per heavy atom. The normalized spacial score (nSPS) is 11.9. The minimum atomic E-state index is -1.13. The first-order chi connectivity index (χ1) is 12.2. The third-order valence-corrected chi connectivity index (χ3v) is 3.35. The molecule has 2 rings (SSSR count). The van der Waals surface area contributed by atoms with Crippen LogP contribution < -0.4 is 0 Å². The fraction of sp³-hybridized carbons (Fsp3) is 0.222. The third-order valence-electron chi connectivity index (χ3n) is 3.35. The number of phenolic OH excluding ortho intramolecular Hbond substituents is 2. The first-order valence-corrected chi connectivity index (χ1v) is 7.62. The van der Waals surface area contributed by atoms with Gasteiger partial charge in [0.25, 0.3) is 11.9 Å². The topological polar surface area (TPSA) is 163 Å². The minimum Gasteiger partial charge on any atom is -0.665 e. The van der Waals surface area contributed by atoms with Crippen LogP contribution >= 0.6 is 0 Å². The fourth-order valence-corrected chi connectivity index (χ4v) is 1.91. The van der Waals surface area contributed by atoms with E-state index in [1.165, 1.54) is 24.3 Å². The number of hydrogen-bond acceptors (Lipinski definition) is 4. The van der Waals surface area contributed by atoms with Crippen LogP contribution in [0.4, 0.5) is 0 Å². The number of nitrogens with one attached hydrogen (secondary N) is 2. The molecule has 9 heteroatoms. The summed E-state index contributed by atoms with van der Waals surface area (Å²) in [5, 5.41) is 34.8. The molecular formula is C18H20CoN2O6. The van der Waals surface area contributed by atoms with Gasteiger partial charge in [0.05, 0.1) is 0 Å². The molecule has 0 bridgehead atoms. The van der Waals surface area contributed by atoms with E-state index in [0.29, 0.717) is 0 Å². The molecule has 2 atom stereocenters. The van der Waals surface area contributed by atoms with Gasteiger partial charge in [0, 0.05) is 0 Å². The molecule has 2 aromatic carbocycles. The van der Waals surface area contributed by atoms with Gasteiger partial charge in [0.2, 0.25) is 0 Å². The van der Waals surface area contributed by atoms with E-state index in [-0.39, 0.29) is 41.1 Å². The molecule has 0 aromatic heterocycles. The van der Waals surface area contributed by atoms with Gasteiger partial charge in [-0.25, -0.2) is 0 Å². The SMILES string of the molecule is [Co+2].[NH-]C(Cc1ccc(O)cc1)C(=O)O.[NH-]C(Cc1ccc(O)cc1)C(=O)O. The number of rotatable bonds is 6. The molecule has 147 valence electrons. The Morgan fingerprint density at radius 2 is 0.963 bits per heavy atom. The number of carboxylic acid groups (broad SMARTS) is 2. The van der Waals surface area contributed by atoms with Crippen LogP contribution in [0, 0.1) is 0 Å². The summed E-state index contributed by atoms with van der Waals surface area (Å²) in [6.07, 6.45) is 0.325. The van der Waals surface area contributed by atoms with E-state index in [4.69, 9.17) is 31.9 Å². The molecule has 0 spiro atoms. The van der Waals surface area contributed by atoms with Crippen LogP contribution in [0.2, 0.25) is 0 Å². The maximum Gasteiger partial charge on any atom is 2.00 e. The van der Waals surface area contributed by atoms with E-state index >= 15 is 0 Å². The second-order valence-electron chi connectivity index (χ2n) is 5.52. The van der Waals surface area contributed by atoms with Crippen molar-refractivity contribution in [3.63, 3.8) is 0 Å². The molecule has 0 aliphatic rings. The summed E-state index contributed by atoms with van der Waals surface area (Å²) in [7, 11) is 0. The summed E-state index contributed by atoms with van der Waals surface area (Å²) in [5.74, 6) is -1.98. The van der Waals surface area contributed by atoms with E-state index < -0.39 is 24.0 Å². The number of hydrogen-bond donors (Lipinski definition) is 4. The summed E-state index contributed by atoms with van der Waals surface area (Å²) in [6, 6.07) is 10.1. The van der Waals surface area contributed by atoms with E-state index in [0.717, 1.165) is 11.1 Å². The monoisotopic (exact) mass is 419 g/mol. The first kappa shape index (κ1) is 24.4. The number of carboxylic acids is 2. The summed E-state index contributed by atoms with van der Waals surface area (Å²) in [5.41, 5.74) is 15.8. The number of aromatic hydroxyl groups is 2. The Kier molecular flexibility index (Phi) is 10.8. The van der Waals surface area contributed by atoms with Gasteiger partial charge in [-0.3, -0.25) is 9.59 Å². The van der Waals surface area contributed by atoms with Crippen LogP contribution in [0.5, 0.6) is 11.5 Å². The van der Waals surface area contributed by atoms with Gasteiger partial charge < -0.3 is 31.9 Å². The van der Waals surface area contributed by atoms with Crippen molar-refractivity contribution in [1.82, 2.24) is 0 Å².